The lowest BCUT2D eigenvalue weighted by Crippen LogP contribution is -2.25. The van der Waals surface area contributed by atoms with Gasteiger partial charge in [0.05, 0.1) is 6.20 Å². The Morgan fingerprint density at radius 1 is 1.55 bits per heavy atom. The van der Waals surface area contributed by atoms with Crippen molar-refractivity contribution in [3.8, 4) is 0 Å². The molecule has 0 saturated carbocycles. The summed E-state index contributed by atoms with van der Waals surface area (Å²) < 4.78 is 20.8. The molecule has 0 atom stereocenters. The van der Waals surface area contributed by atoms with E-state index < -0.39 is 10.7 Å². The first-order chi connectivity index (χ1) is 5.11. The van der Waals surface area contributed by atoms with E-state index in [1.54, 1.807) is 25.3 Å². The summed E-state index contributed by atoms with van der Waals surface area (Å²) in [5.41, 5.74) is 0. The Kier molecular flexibility index (Phi) is 2.13. The molecule has 0 aliphatic heterocycles. The fourth-order valence-corrected chi connectivity index (χ4v) is 0.978. The topological polar surface area (TPSA) is 55.2 Å². The fraction of sp³-hybridized carbons (Fsp3) is 0.400. The van der Waals surface area contributed by atoms with E-state index in [2.05, 4.69) is 5.10 Å². The zero-order chi connectivity index (χ0) is 8.43. The number of thiol groups is 1. The summed E-state index contributed by atoms with van der Waals surface area (Å²) in [6, 6.07) is 1.45. The maximum atomic E-state index is 10.4. The molecule has 1 aromatic rings. The van der Waals surface area contributed by atoms with Gasteiger partial charge < -0.3 is 5.01 Å². The van der Waals surface area contributed by atoms with Crippen molar-refractivity contribution in [2.75, 3.05) is 19.1 Å². The number of nitrogens with zero attached hydrogens (tertiary/aromatic N) is 3. The highest BCUT2D eigenvalue weighted by Gasteiger charge is 1.99. The molecule has 0 aliphatic carbocycles. The molecule has 0 aliphatic rings. The van der Waals surface area contributed by atoms with Crippen molar-refractivity contribution in [3.63, 3.8) is 0 Å². The normalized spacial score (nSPS) is 10.5. The monoisotopic (exact) mass is 175 g/mol. The summed E-state index contributed by atoms with van der Waals surface area (Å²) in [7, 11) is 0.987. The lowest BCUT2D eigenvalue weighted by atomic mass is 10.8. The Morgan fingerprint density at radius 2 is 2.18 bits per heavy atom. The zero-order valence-electron chi connectivity index (χ0n) is 6.26. The Labute approximate surface area is 66.2 Å². The van der Waals surface area contributed by atoms with Gasteiger partial charge in [-0.15, -0.1) is 5.10 Å². The minimum absolute atomic E-state index is 0.0914. The third kappa shape index (κ3) is 1.70. The van der Waals surface area contributed by atoms with Gasteiger partial charge in [0.15, 0.2) is 15.7 Å². The second-order valence-electron chi connectivity index (χ2n) is 2.20. The van der Waals surface area contributed by atoms with E-state index in [9.17, 15) is 8.42 Å². The van der Waals surface area contributed by atoms with Gasteiger partial charge in [0.1, 0.15) is 0 Å². The summed E-state index contributed by atoms with van der Waals surface area (Å²) >= 11 is 0. The van der Waals surface area contributed by atoms with Gasteiger partial charge >= 0.3 is 0 Å². The van der Waals surface area contributed by atoms with Gasteiger partial charge in [0.25, 0.3) is 0 Å². The Morgan fingerprint density at radius 3 is 2.45 bits per heavy atom. The van der Waals surface area contributed by atoms with Crippen molar-refractivity contribution in [1.29, 1.82) is 0 Å². The van der Waals surface area contributed by atoms with E-state index in [0.29, 0.717) is 0 Å². The molecule has 0 amide bonds. The van der Waals surface area contributed by atoms with Crippen LogP contribution in [0.15, 0.2) is 17.3 Å². The summed E-state index contributed by atoms with van der Waals surface area (Å²) in [5.74, 6) is 0. The third-order valence-corrected chi connectivity index (χ3v) is 1.77. The van der Waals surface area contributed by atoms with Crippen LogP contribution in [0.2, 0.25) is 0 Å². The molecule has 62 valence electrons. The van der Waals surface area contributed by atoms with E-state index in [0.717, 1.165) is 0 Å². The molecule has 11 heavy (non-hydrogen) atoms. The van der Waals surface area contributed by atoms with Gasteiger partial charge in [-0.25, -0.2) is 8.42 Å². The number of hydrogen-bond donors (Lipinski definition) is 1. The lowest BCUT2D eigenvalue weighted by molar-refractivity contribution is 0.593. The second kappa shape index (κ2) is 2.91. The van der Waals surface area contributed by atoms with E-state index in [4.69, 9.17) is 0 Å². The molecule has 1 rings (SSSR count). The van der Waals surface area contributed by atoms with Crippen molar-refractivity contribution in [2.45, 2.75) is 5.03 Å². The maximum Gasteiger partial charge on any atom is 0.187 e. The molecule has 5 nitrogen and oxygen atoms in total. The Balaban J connectivity index is 2.99. The lowest BCUT2D eigenvalue weighted by Gasteiger charge is -2.10. The van der Waals surface area contributed by atoms with Crippen molar-refractivity contribution < 1.29 is 8.42 Å². The van der Waals surface area contributed by atoms with Crippen LogP contribution >= 0.6 is 0 Å². The van der Waals surface area contributed by atoms with Crippen molar-refractivity contribution in [3.05, 3.63) is 12.3 Å². The van der Waals surface area contributed by atoms with Crippen LogP contribution < -0.4 is 5.01 Å². The van der Waals surface area contributed by atoms with Crippen LogP contribution in [0.25, 0.3) is 0 Å². The standard InChI is InChI=1S/C5H9N3O2S/c1-7(2)8-4-3-5(6-8)11(9)10/h3-4,11H,1-2H3. The summed E-state index contributed by atoms with van der Waals surface area (Å²) in [6.07, 6.45) is 1.58. The van der Waals surface area contributed by atoms with E-state index >= 15 is 0 Å². The molecule has 0 bridgehead atoms. The molecule has 1 aromatic heterocycles. The third-order valence-electron chi connectivity index (χ3n) is 1.16. The number of aromatic nitrogens is 2. The molecular formula is C5H9N3O2S. The predicted molar refractivity (Wildman–Crippen MR) is 40.9 cm³/mol. The fourth-order valence-electron chi connectivity index (χ4n) is 0.625. The van der Waals surface area contributed by atoms with E-state index in [1.807, 2.05) is 0 Å². The van der Waals surface area contributed by atoms with E-state index in [-0.39, 0.29) is 5.03 Å². The molecule has 0 radical (unpaired) electrons. The second-order valence-corrected chi connectivity index (χ2v) is 3.17. The minimum atomic E-state index is -2.56. The largest absolute Gasteiger partial charge is 0.303 e. The highest BCUT2D eigenvalue weighted by molar-refractivity contribution is 7.72. The molecule has 0 spiro atoms. The summed E-state index contributed by atoms with van der Waals surface area (Å²) in [4.78, 5) is 1.44. The molecule has 0 unspecified atom stereocenters. The average molecular weight is 175 g/mol. The van der Waals surface area contributed by atoms with Gasteiger partial charge in [-0.2, -0.15) is 4.79 Å². The van der Waals surface area contributed by atoms with Gasteiger partial charge in [-0.3, -0.25) is 0 Å². The van der Waals surface area contributed by atoms with Crippen LogP contribution in [0.4, 0.5) is 0 Å². The van der Waals surface area contributed by atoms with Crippen LogP contribution in [-0.4, -0.2) is 32.4 Å². The smallest absolute Gasteiger partial charge is 0.187 e. The molecule has 1 heterocycles. The van der Waals surface area contributed by atoms with Gasteiger partial charge in [0, 0.05) is 14.1 Å². The first-order valence-corrected chi connectivity index (χ1v) is 4.16. The predicted octanol–water partition coefficient (Wildman–Crippen LogP) is -0.949. The zero-order valence-corrected chi connectivity index (χ0v) is 7.15. The number of rotatable bonds is 2. The summed E-state index contributed by atoms with van der Waals surface area (Å²) in [5, 5.41) is 5.52. The van der Waals surface area contributed by atoms with Gasteiger partial charge in [-0.1, -0.05) is 0 Å². The maximum absolute atomic E-state index is 10.4. The van der Waals surface area contributed by atoms with Crippen LogP contribution in [0.5, 0.6) is 0 Å². The molecule has 0 fully saturated rings. The van der Waals surface area contributed by atoms with Crippen molar-refractivity contribution in [2.24, 2.45) is 0 Å². The van der Waals surface area contributed by atoms with E-state index in [1.165, 1.54) is 10.9 Å². The SMILES string of the molecule is CN(C)n1ccc([SH](=O)=O)n1. The highest BCUT2D eigenvalue weighted by Crippen LogP contribution is 1.95. The van der Waals surface area contributed by atoms with Crippen LogP contribution in [0, 0.1) is 0 Å². The first-order valence-electron chi connectivity index (χ1n) is 2.99. The quantitative estimate of drug-likeness (QED) is 0.589. The molecule has 0 N–H and O–H groups in total. The van der Waals surface area contributed by atoms with Crippen molar-refractivity contribution >= 4 is 10.7 Å². The minimum Gasteiger partial charge on any atom is -0.303 e. The van der Waals surface area contributed by atoms with Crippen LogP contribution in [0.3, 0.4) is 0 Å². The molecular weight excluding hydrogens is 166 g/mol. The Hall–Kier alpha value is -1.04. The van der Waals surface area contributed by atoms with Crippen molar-refractivity contribution in [1.82, 2.24) is 9.89 Å². The van der Waals surface area contributed by atoms with Crippen LogP contribution in [-0.2, 0) is 10.7 Å². The molecule has 0 saturated heterocycles. The Bertz CT molecular complexity index is 307. The first kappa shape index (κ1) is 8.06. The van der Waals surface area contributed by atoms with Gasteiger partial charge in [-0.05, 0) is 6.07 Å². The highest BCUT2D eigenvalue weighted by atomic mass is 32.2. The summed E-state index contributed by atoms with van der Waals surface area (Å²) in [6.45, 7) is 0. The molecule has 6 heteroatoms. The molecule has 0 aromatic carbocycles. The van der Waals surface area contributed by atoms with Gasteiger partial charge in [0.2, 0.25) is 0 Å². The van der Waals surface area contributed by atoms with Crippen LogP contribution in [0.1, 0.15) is 0 Å². The number of hydrogen-bond acceptors (Lipinski definition) is 4. The average Bonchev–Trinajstić information content (AvgIpc) is 2.33.